The maximum Gasteiger partial charge on any atom is 0.668 e. The highest BCUT2D eigenvalue weighted by atomic mass is 32.1. The summed E-state index contributed by atoms with van der Waals surface area (Å²) in [5, 5.41) is 29.1. The highest BCUT2D eigenvalue weighted by Crippen LogP contribution is 2.17. The molecular formula is C10H20O8SSi. The first-order valence-electron chi connectivity index (χ1n) is 5.58. The Bertz CT molecular complexity index is 321. The largest absolute Gasteiger partial charge is 0.668 e. The Kier molecular flexibility index (Phi) is 9.33. The molecule has 0 aliphatic rings. The van der Waals surface area contributed by atoms with E-state index in [0.29, 0.717) is 6.61 Å². The summed E-state index contributed by atoms with van der Waals surface area (Å²) in [6, 6.07) is 3.88. The highest BCUT2D eigenvalue weighted by Gasteiger charge is 2.28. The van der Waals surface area contributed by atoms with Gasteiger partial charge in [-0.05, 0) is 11.4 Å². The monoisotopic (exact) mass is 328 g/mol. The molecule has 1 rings (SSSR count). The van der Waals surface area contributed by atoms with E-state index in [1.807, 2.05) is 17.5 Å². The van der Waals surface area contributed by atoms with Crippen molar-refractivity contribution in [2.24, 2.45) is 5.41 Å². The van der Waals surface area contributed by atoms with E-state index in [4.69, 9.17) is 39.2 Å². The van der Waals surface area contributed by atoms with Gasteiger partial charge in [-0.3, -0.25) is 0 Å². The van der Waals surface area contributed by atoms with Gasteiger partial charge in [-0.15, -0.1) is 11.3 Å². The van der Waals surface area contributed by atoms with Crippen LogP contribution in [-0.4, -0.2) is 70.0 Å². The van der Waals surface area contributed by atoms with Gasteiger partial charge >= 0.3 is 9.05 Å². The van der Waals surface area contributed by atoms with Gasteiger partial charge in [0, 0.05) is 4.88 Å². The second-order valence-electron chi connectivity index (χ2n) is 4.15. The molecule has 0 spiro atoms. The van der Waals surface area contributed by atoms with Crippen LogP contribution in [0.1, 0.15) is 4.88 Å². The van der Waals surface area contributed by atoms with E-state index in [-0.39, 0.29) is 26.4 Å². The molecule has 0 atom stereocenters. The molecule has 10 heteroatoms. The van der Waals surface area contributed by atoms with E-state index in [2.05, 4.69) is 0 Å². The minimum atomic E-state index is -4.61. The molecule has 1 aromatic heterocycles. The van der Waals surface area contributed by atoms with Crippen LogP contribution in [0.15, 0.2) is 17.5 Å². The number of aliphatic hydroxyl groups is 3. The lowest BCUT2D eigenvalue weighted by molar-refractivity contribution is -0.0616. The van der Waals surface area contributed by atoms with Crippen molar-refractivity contribution in [3.63, 3.8) is 0 Å². The molecule has 0 saturated carbocycles. The number of ether oxygens (including phenoxy) is 1. The molecular weight excluding hydrogens is 308 g/mol. The van der Waals surface area contributed by atoms with Gasteiger partial charge in [-0.2, -0.15) is 0 Å². The van der Waals surface area contributed by atoms with Crippen molar-refractivity contribution in [2.45, 2.75) is 6.61 Å². The van der Waals surface area contributed by atoms with E-state index in [0.717, 1.165) is 4.88 Å². The fraction of sp³-hybridized carbons (Fsp3) is 0.600. The zero-order chi connectivity index (χ0) is 15.6. The van der Waals surface area contributed by atoms with Gasteiger partial charge in [-0.25, -0.2) is 0 Å². The van der Waals surface area contributed by atoms with Crippen LogP contribution in [0, 0.1) is 5.41 Å². The minimum absolute atomic E-state index is 0.147. The lowest BCUT2D eigenvalue weighted by Crippen LogP contribution is -2.38. The fourth-order valence-electron chi connectivity index (χ4n) is 1.05. The van der Waals surface area contributed by atoms with Crippen LogP contribution >= 0.6 is 11.3 Å². The predicted octanol–water partition coefficient (Wildman–Crippen LogP) is -2.38. The molecule has 7 N–H and O–H groups in total. The first-order chi connectivity index (χ1) is 9.26. The molecule has 0 unspecified atom stereocenters. The molecule has 0 fully saturated rings. The number of aliphatic hydroxyl groups excluding tert-OH is 3. The quantitative estimate of drug-likeness (QED) is 0.274. The second kappa shape index (κ2) is 9.52. The Morgan fingerprint density at radius 3 is 1.90 bits per heavy atom. The molecule has 1 aromatic rings. The zero-order valence-electron chi connectivity index (χ0n) is 10.7. The van der Waals surface area contributed by atoms with Crippen LogP contribution in [0.2, 0.25) is 0 Å². The Labute approximate surface area is 121 Å². The van der Waals surface area contributed by atoms with Gasteiger partial charge < -0.3 is 39.2 Å². The van der Waals surface area contributed by atoms with Crippen molar-refractivity contribution in [3.05, 3.63) is 22.4 Å². The van der Waals surface area contributed by atoms with E-state index < -0.39 is 14.5 Å². The third-order valence-corrected chi connectivity index (χ3v) is 3.09. The van der Waals surface area contributed by atoms with E-state index in [1.165, 1.54) is 0 Å². The third-order valence-electron chi connectivity index (χ3n) is 2.24. The van der Waals surface area contributed by atoms with Gasteiger partial charge in [-0.1, -0.05) is 6.07 Å². The fourth-order valence-corrected chi connectivity index (χ4v) is 1.69. The molecule has 0 amide bonds. The van der Waals surface area contributed by atoms with Crippen LogP contribution < -0.4 is 0 Å². The predicted molar refractivity (Wildman–Crippen MR) is 72.3 cm³/mol. The first-order valence-corrected chi connectivity index (χ1v) is 8.25. The normalized spacial score (nSPS) is 11.9. The topological polar surface area (TPSA) is 151 Å². The van der Waals surface area contributed by atoms with Gasteiger partial charge in [0.1, 0.15) is 0 Å². The Morgan fingerprint density at radius 2 is 1.55 bits per heavy atom. The van der Waals surface area contributed by atoms with Crippen molar-refractivity contribution < 1.29 is 39.2 Å². The van der Waals surface area contributed by atoms with Crippen LogP contribution in [0.5, 0.6) is 0 Å². The van der Waals surface area contributed by atoms with E-state index >= 15 is 0 Å². The third kappa shape index (κ3) is 9.49. The molecule has 118 valence electrons. The van der Waals surface area contributed by atoms with Gasteiger partial charge in [0.15, 0.2) is 0 Å². The van der Waals surface area contributed by atoms with Crippen molar-refractivity contribution in [2.75, 3.05) is 26.4 Å². The minimum Gasteiger partial charge on any atom is -0.396 e. The van der Waals surface area contributed by atoms with E-state index in [1.54, 1.807) is 11.3 Å². The lowest BCUT2D eigenvalue weighted by Gasteiger charge is -2.26. The first kappa shape index (κ1) is 19.6. The molecule has 0 aromatic carbocycles. The number of rotatable bonds is 7. The van der Waals surface area contributed by atoms with Gasteiger partial charge in [0.2, 0.25) is 0 Å². The summed E-state index contributed by atoms with van der Waals surface area (Å²) in [5.74, 6) is 0. The van der Waals surface area contributed by atoms with Crippen molar-refractivity contribution in [1.29, 1.82) is 0 Å². The SMILES string of the molecule is OCC(CO)(CO)COCc1cccs1.O[Si](O)(O)O. The van der Waals surface area contributed by atoms with Crippen molar-refractivity contribution >= 4 is 20.4 Å². The molecule has 0 aliphatic carbocycles. The van der Waals surface area contributed by atoms with Crippen molar-refractivity contribution in [3.8, 4) is 0 Å². The Balaban J connectivity index is 0.000000621. The maximum absolute atomic E-state index is 9.04. The van der Waals surface area contributed by atoms with Crippen LogP contribution in [0.3, 0.4) is 0 Å². The smallest absolute Gasteiger partial charge is 0.396 e. The Hall–Kier alpha value is -0.403. The van der Waals surface area contributed by atoms with Crippen LogP contribution in [0.4, 0.5) is 0 Å². The molecule has 0 saturated heterocycles. The molecule has 0 bridgehead atoms. The molecule has 0 radical (unpaired) electrons. The number of hydrogen-bond acceptors (Lipinski definition) is 9. The lowest BCUT2D eigenvalue weighted by atomic mass is 9.93. The summed E-state index contributed by atoms with van der Waals surface area (Å²) in [6.45, 7) is -0.271. The summed E-state index contributed by atoms with van der Waals surface area (Å²) < 4.78 is 5.35. The molecule has 20 heavy (non-hydrogen) atoms. The Morgan fingerprint density at radius 1 is 1.05 bits per heavy atom. The van der Waals surface area contributed by atoms with Crippen LogP contribution in [-0.2, 0) is 11.3 Å². The average molecular weight is 328 g/mol. The summed E-state index contributed by atoms with van der Waals surface area (Å²) >= 11 is 1.58. The standard InChI is InChI=1S/C10H16O4S.H4O4Si/c11-5-10(6-12,7-13)8-14-4-9-2-1-3-15-9;1-5(2,3)4/h1-3,11-13H,4-8H2;1-4H. The maximum atomic E-state index is 9.04. The average Bonchev–Trinajstić information content (AvgIpc) is 2.86. The summed E-state index contributed by atoms with van der Waals surface area (Å²) in [5.41, 5.74) is -0.933. The molecule has 8 nitrogen and oxygen atoms in total. The number of thiophene rings is 1. The zero-order valence-corrected chi connectivity index (χ0v) is 12.5. The van der Waals surface area contributed by atoms with E-state index in [9.17, 15) is 0 Å². The summed E-state index contributed by atoms with van der Waals surface area (Å²) in [6.07, 6.45) is 0. The molecule has 1 heterocycles. The number of hydrogen-bond donors (Lipinski definition) is 7. The molecule has 0 aliphatic heterocycles. The second-order valence-corrected chi connectivity index (χ2v) is 6.38. The van der Waals surface area contributed by atoms with Gasteiger partial charge in [0.25, 0.3) is 0 Å². The summed E-state index contributed by atoms with van der Waals surface area (Å²) in [4.78, 5) is 30.4. The van der Waals surface area contributed by atoms with Gasteiger partial charge in [0.05, 0.1) is 38.4 Å². The van der Waals surface area contributed by atoms with Crippen LogP contribution in [0.25, 0.3) is 0 Å². The summed E-state index contributed by atoms with van der Waals surface area (Å²) in [7, 11) is -4.61. The highest BCUT2D eigenvalue weighted by molar-refractivity contribution is 7.09. The van der Waals surface area contributed by atoms with Crippen molar-refractivity contribution in [1.82, 2.24) is 0 Å².